The molecule has 134 valence electrons. The minimum Gasteiger partial charge on any atom is -0.459 e. The van der Waals surface area contributed by atoms with E-state index in [4.69, 9.17) is 21.3 Å². The van der Waals surface area contributed by atoms with Crippen molar-refractivity contribution in [2.45, 2.75) is 22.8 Å². The maximum atomic E-state index is 13.0. The standard InChI is InChI=1S/C18H13ClN2O3S.ClH/c19-16-8-13(25(22,23)12-3-1-2-11(6-12)9-20)7-14-15-10-21-5-4-17(15)24-18(14)16;/h1-3,6-8,21H,4-5,10H2;1H. The van der Waals surface area contributed by atoms with E-state index in [1.807, 2.05) is 6.07 Å². The molecular weight excluding hydrogens is 395 g/mol. The van der Waals surface area contributed by atoms with Crippen LogP contribution in [0.25, 0.3) is 11.0 Å². The number of furan rings is 1. The largest absolute Gasteiger partial charge is 0.459 e. The molecule has 4 rings (SSSR count). The Bertz CT molecular complexity index is 1150. The van der Waals surface area contributed by atoms with E-state index in [0.29, 0.717) is 17.5 Å². The first kappa shape index (κ1) is 18.7. The van der Waals surface area contributed by atoms with E-state index in [9.17, 15) is 8.42 Å². The fourth-order valence-electron chi connectivity index (χ4n) is 3.07. The number of nitriles is 1. The van der Waals surface area contributed by atoms with Crippen LogP contribution in [0, 0.1) is 11.3 Å². The Hall–Kier alpha value is -2.04. The normalized spacial score (nSPS) is 13.7. The van der Waals surface area contributed by atoms with Crippen LogP contribution in [0.4, 0.5) is 0 Å². The highest BCUT2D eigenvalue weighted by molar-refractivity contribution is 7.91. The van der Waals surface area contributed by atoms with Gasteiger partial charge in [-0.3, -0.25) is 0 Å². The molecule has 1 N–H and O–H groups in total. The molecule has 3 aromatic rings. The summed E-state index contributed by atoms with van der Waals surface area (Å²) in [6.07, 6.45) is 0.743. The monoisotopic (exact) mass is 408 g/mol. The lowest BCUT2D eigenvalue weighted by Gasteiger charge is -2.11. The summed E-state index contributed by atoms with van der Waals surface area (Å²) in [4.78, 5) is 0.159. The molecule has 0 aliphatic carbocycles. The molecule has 1 aliphatic heterocycles. The Kier molecular flexibility index (Phi) is 5.00. The summed E-state index contributed by atoms with van der Waals surface area (Å²) in [5.41, 5.74) is 1.75. The SMILES string of the molecule is Cl.N#Cc1cccc(S(=O)(=O)c2cc(Cl)c3oc4c(c3c2)CNCC4)c1. The second kappa shape index (κ2) is 6.93. The molecule has 0 saturated heterocycles. The third kappa shape index (κ3) is 2.97. The number of rotatable bonds is 2. The molecule has 0 saturated carbocycles. The van der Waals surface area contributed by atoms with E-state index in [-0.39, 0.29) is 32.8 Å². The zero-order valence-electron chi connectivity index (χ0n) is 13.5. The molecular formula is C18H14Cl2N2O3S. The Morgan fingerprint density at radius 3 is 2.77 bits per heavy atom. The molecule has 5 nitrogen and oxygen atoms in total. The van der Waals surface area contributed by atoms with Crippen LogP contribution in [0.5, 0.6) is 0 Å². The summed E-state index contributed by atoms with van der Waals surface area (Å²) < 4.78 is 31.8. The van der Waals surface area contributed by atoms with Gasteiger partial charge in [0, 0.05) is 30.5 Å². The van der Waals surface area contributed by atoms with Gasteiger partial charge in [-0.2, -0.15) is 5.26 Å². The minimum absolute atomic E-state index is 0. The van der Waals surface area contributed by atoms with Gasteiger partial charge in [-0.05, 0) is 30.3 Å². The van der Waals surface area contributed by atoms with E-state index in [2.05, 4.69) is 5.32 Å². The zero-order chi connectivity index (χ0) is 17.6. The number of nitrogens with zero attached hydrogens (tertiary/aromatic N) is 1. The Balaban J connectivity index is 0.00000196. The smallest absolute Gasteiger partial charge is 0.206 e. The van der Waals surface area contributed by atoms with Crippen molar-refractivity contribution in [2.24, 2.45) is 0 Å². The molecule has 0 fully saturated rings. The topological polar surface area (TPSA) is 83.1 Å². The molecule has 0 unspecified atom stereocenters. The lowest BCUT2D eigenvalue weighted by molar-refractivity contribution is 0.500. The van der Waals surface area contributed by atoms with E-state index >= 15 is 0 Å². The first-order chi connectivity index (χ1) is 12.0. The van der Waals surface area contributed by atoms with Crippen LogP contribution in [0.1, 0.15) is 16.9 Å². The van der Waals surface area contributed by atoms with Crippen LogP contribution < -0.4 is 5.32 Å². The lowest BCUT2D eigenvalue weighted by atomic mass is 10.1. The van der Waals surface area contributed by atoms with Crippen LogP contribution in [-0.4, -0.2) is 15.0 Å². The summed E-state index contributed by atoms with van der Waals surface area (Å²) in [7, 11) is -3.79. The third-order valence-electron chi connectivity index (χ3n) is 4.32. The molecule has 26 heavy (non-hydrogen) atoms. The number of benzene rings is 2. The number of nitrogens with one attached hydrogen (secondary N) is 1. The molecule has 0 bridgehead atoms. The highest BCUT2D eigenvalue weighted by Crippen LogP contribution is 2.36. The van der Waals surface area contributed by atoms with E-state index < -0.39 is 9.84 Å². The number of sulfone groups is 1. The van der Waals surface area contributed by atoms with E-state index in [1.165, 1.54) is 18.2 Å². The minimum atomic E-state index is -3.79. The van der Waals surface area contributed by atoms with Crippen LogP contribution in [0.2, 0.25) is 5.02 Å². The summed E-state index contributed by atoms with van der Waals surface area (Å²) in [5.74, 6) is 0.844. The molecule has 0 atom stereocenters. The average molecular weight is 409 g/mol. The van der Waals surface area contributed by atoms with Crippen molar-refractivity contribution in [2.75, 3.05) is 6.54 Å². The number of fused-ring (bicyclic) bond motifs is 3. The van der Waals surface area contributed by atoms with Gasteiger partial charge in [-0.15, -0.1) is 12.4 Å². The molecule has 0 radical (unpaired) electrons. The molecule has 2 aromatic carbocycles. The lowest BCUT2D eigenvalue weighted by Crippen LogP contribution is -2.22. The van der Waals surface area contributed by atoms with Gasteiger partial charge in [0.15, 0.2) is 5.58 Å². The van der Waals surface area contributed by atoms with Crippen molar-refractivity contribution in [1.82, 2.24) is 5.32 Å². The molecule has 1 aromatic heterocycles. The molecule has 2 heterocycles. The van der Waals surface area contributed by atoms with Gasteiger partial charge in [0.05, 0.1) is 26.4 Å². The number of hydrogen-bond acceptors (Lipinski definition) is 5. The summed E-state index contributed by atoms with van der Waals surface area (Å²) >= 11 is 6.30. The van der Waals surface area contributed by atoms with Gasteiger partial charge in [-0.25, -0.2) is 8.42 Å². The Morgan fingerprint density at radius 1 is 1.19 bits per heavy atom. The van der Waals surface area contributed by atoms with Crippen molar-refractivity contribution in [3.05, 3.63) is 58.3 Å². The molecule has 1 aliphatic rings. The van der Waals surface area contributed by atoms with Crippen molar-refractivity contribution in [3.63, 3.8) is 0 Å². The third-order valence-corrected chi connectivity index (χ3v) is 6.33. The van der Waals surface area contributed by atoms with Crippen molar-refractivity contribution in [1.29, 1.82) is 5.26 Å². The first-order valence-corrected chi connectivity index (χ1v) is 9.56. The van der Waals surface area contributed by atoms with Crippen molar-refractivity contribution >= 4 is 44.8 Å². The fourth-order valence-corrected chi connectivity index (χ4v) is 4.75. The van der Waals surface area contributed by atoms with Crippen LogP contribution in [-0.2, 0) is 22.8 Å². The maximum absolute atomic E-state index is 13.0. The number of halogens is 2. The highest BCUT2D eigenvalue weighted by atomic mass is 35.5. The highest BCUT2D eigenvalue weighted by Gasteiger charge is 2.24. The summed E-state index contributed by atoms with van der Waals surface area (Å²) in [5, 5.41) is 13.2. The van der Waals surface area contributed by atoms with E-state index in [0.717, 1.165) is 24.3 Å². The Labute approximate surface area is 161 Å². The number of hydrogen-bond donors (Lipinski definition) is 1. The van der Waals surface area contributed by atoms with Gasteiger partial charge < -0.3 is 9.73 Å². The molecule has 0 spiro atoms. The second-order valence-electron chi connectivity index (χ2n) is 5.86. The van der Waals surface area contributed by atoms with E-state index in [1.54, 1.807) is 18.2 Å². The summed E-state index contributed by atoms with van der Waals surface area (Å²) in [6, 6.07) is 10.9. The summed E-state index contributed by atoms with van der Waals surface area (Å²) in [6.45, 7) is 1.43. The average Bonchev–Trinajstić information content (AvgIpc) is 3.01. The van der Waals surface area contributed by atoms with Gasteiger partial charge >= 0.3 is 0 Å². The van der Waals surface area contributed by atoms with Gasteiger partial charge in [-0.1, -0.05) is 17.7 Å². The van der Waals surface area contributed by atoms with Gasteiger partial charge in [0.1, 0.15) is 5.76 Å². The second-order valence-corrected chi connectivity index (χ2v) is 8.21. The predicted octanol–water partition coefficient (Wildman–Crippen LogP) is 3.86. The van der Waals surface area contributed by atoms with Crippen molar-refractivity contribution < 1.29 is 12.8 Å². The predicted molar refractivity (Wildman–Crippen MR) is 100 cm³/mol. The van der Waals surface area contributed by atoms with Crippen LogP contribution in [0.3, 0.4) is 0 Å². The van der Waals surface area contributed by atoms with Crippen LogP contribution in [0.15, 0.2) is 50.6 Å². The fraction of sp³-hybridized carbons (Fsp3) is 0.167. The molecule has 8 heteroatoms. The zero-order valence-corrected chi connectivity index (χ0v) is 15.8. The molecule has 0 amide bonds. The quantitative estimate of drug-likeness (QED) is 0.695. The van der Waals surface area contributed by atoms with Gasteiger partial charge in [0.25, 0.3) is 0 Å². The van der Waals surface area contributed by atoms with Crippen molar-refractivity contribution in [3.8, 4) is 6.07 Å². The van der Waals surface area contributed by atoms with Crippen LogP contribution >= 0.6 is 24.0 Å². The van der Waals surface area contributed by atoms with Gasteiger partial charge in [0.2, 0.25) is 9.84 Å². The first-order valence-electron chi connectivity index (χ1n) is 7.70. The maximum Gasteiger partial charge on any atom is 0.206 e. The Morgan fingerprint density at radius 2 is 2.00 bits per heavy atom.